The van der Waals surface area contributed by atoms with Gasteiger partial charge in [0.05, 0.1) is 6.61 Å². The molecule has 0 atom stereocenters. The molecule has 0 aliphatic rings. The van der Waals surface area contributed by atoms with Crippen LogP contribution in [0, 0.1) is 0 Å². The summed E-state index contributed by atoms with van der Waals surface area (Å²) in [4.78, 5) is 11.9. The van der Waals surface area contributed by atoms with Gasteiger partial charge in [0.25, 0.3) is 0 Å². The molecule has 0 aromatic carbocycles. The highest BCUT2D eigenvalue weighted by Gasteiger charge is 2.02. The summed E-state index contributed by atoms with van der Waals surface area (Å²) in [5, 5.41) is 0. The average molecular weight is 563 g/mol. The fraction of sp³-hybridized carbons (Fsp3) is 0.921. The Bertz CT molecular complexity index is 498. The van der Waals surface area contributed by atoms with Gasteiger partial charge in [-0.2, -0.15) is 0 Å². The maximum atomic E-state index is 11.9. The third-order valence-electron chi connectivity index (χ3n) is 8.40. The van der Waals surface area contributed by atoms with Crippen LogP contribution in [0.3, 0.4) is 0 Å². The highest BCUT2D eigenvalue weighted by Crippen LogP contribution is 2.15. The molecule has 238 valence electrons. The number of rotatable bonds is 34. The van der Waals surface area contributed by atoms with Crippen LogP contribution in [0.5, 0.6) is 0 Å². The molecule has 0 aromatic rings. The van der Waals surface area contributed by atoms with Crippen LogP contribution < -0.4 is 0 Å². The van der Waals surface area contributed by atoms with E-state index < -0.39 is 0 Å². The van der Waals surface area contributed by atoms with E-state index >= 15 is 0 Å². The number of esters is 1. The lowest BCUT2D eigenvalue weighted by Crippen LogP contribution is -2.05. The molecule has 0 aliphatic carbocycles. The summed E-state index contributed by atoms with van der Waals surface area (Å²) in [7, 11) is 0. The van der Waals surface area contributed by atoms with Crippen LogP contribution >= 0.6 is 0 Å². The zero-order valence-corrected chi connectivity index (χ0v) is 27.8. The molecule has 0 saturated carbocycles. The van der Waals surface area contributed by atoms with Gasteiger partial charge < -0.3 is 4.74 Å². The first-order valence-electron chi connectivity index (χ1n) is 18.6. The van der Waals surface area contributed by atoms with E-state index in [9.17, 15) is 4.79 Å². The third-order valence-corrected chi connectivity index (χ3v) is 8.40. The Balaban J connectivity index is 3.14. The Kier molecular flexibility index (Phi) is 35.5. The van der Waals surface area contributed by atoms with E-state index in [1.165, 1.54) is 180 Å². The Morgan fingerprint density at radius 1 is 0.400 bits per heavy atom. The summed E-state index contributed by atoms with van der Waals surface area (Å²) in [5.74, 6) is 0.0161. The van der Waals surface area contributed by atoms with Gasteiger partial charge in [0, 0.05) is 6.42 Å². The van der Waals surface area contributed by atoms with Crippen LogP contribution in [0.2, 0.25) is 0 Å². The van der Waals surface area contributed by atoms with Crippen molar-refractivity contribution in [2.75, 3.05) is 6.61 Å². The van der Waals surface area contributed by atoms with Crippen molar-refractivity contribution in [3.63, 3.8) is 0 Å². The zero-order valence-electron chi connectivity index (χ0n) is 27.8. The minimum atomic E-state index is 0.0161. The first kappa shape index (κ1) is 39.2. The Morgan fingerprint density at radius 3 is 1.15 bits per heavy atom. The van der Waals surface area contributed by atoms with Gasteiger partial charge in [-0.15, -0.1) is 0 Å². The molecule has 0 aliphatic heterocycles. The van der Waals surface area contributed by atoms with E-state index in [2.05, 4.69) is 26.0 Å². The number of carbonyl (C=O) groups is 1. The summed E-state index contributed by atoms with van der Waals surface area (Å²) in [6.07, 6.45) is 47.2. The predicted octanol–water partition coefficient (Wildman–Crippen LogP) is 13.6. The van der Waals surface area contributed by atoms with Crippen LogP contribution in [0.4, 0.5) is 0 Å². The monoisotopic (exact) mass is 563 g/mol. The van der Waals surface area contributed by atoms with Gasteiger partial charge in [0.1, 0.15) is 0 Å². The molecule has 2 nitrogen and oxygen atoms in total. The SMILES string of the molecule is CCCC/C=C\CCCCCCCC(=O)OCCCCCCCCCCCCCCCCCCCCCCCC. The Labute approximate surface area is 253 Å². The zero-order chi connectivity index (χ0) is 29.0. The second kappa shape index (κ2) is 36.2. The van der Waals surface area contributed by atoms with Crippen LogP contribution in [0.25, 0.3) is 0 Å². The van der Waals surface area contributed by atoms with E-state index in [0.717, 1.165) is 19.3 Å². The molecular weight excluding hydrogens is 488 g/mol. The van der Waals surface area contributed by atoms with Gasteiger partial charge in [-0.25, -0.2) is 0 Å². The first-order valence-corrected chi connectivity index (χ1v) is 18.6. The molecule has 0 saturated heterocycles. The predicted molar refractivity (Wildman–Crippen MR) is 179 cm³/mol. The molecule has 0 unspecified atom stereocenters. The lowest BCUT2D eigenvalue weighted by molar-refractivity contribution is -0.143. The van der Waals surface area contributed by atoms with E-state index in [0.29, 0.717) is 13.0 Å². The molecule has 0 heterocycles. The molecule has 0 rings (SSSR count). The molecule has 0 N–H and O–H groups in total. The second-order valence-electron chi connectivity index (χ2n) is 12.6. The highest BCUT2D eigenvalue weighted by atomic mass is 16.5. The number of hydrogen-bond acceptors (Lipinski definition) is 2. The molecule has 0 aromatic heterocycles. The minimum Gasteiger partial charge on any atom is -0.466 e. The Hall–Kier alpha value is -0.790. The molecule has 40 heavy (non-hydrogen) atoms. The quantitative estimate of drug-likeness (QED) is 0.0443. The fourth-order valence-corrected chi connectivity index (χ4v) is 5.59. The van der Waals surface area contributed by atoms with Crippen LogP contribution in [0.1, 0.15) is 219 Å². The maximum absolute atomic E-state index is 11.9. The van der Waals surface area contributed by atoms with Gasteiger partial charge in [0.2, 0.25) is 0 Å². The van der Waals surface area contributed by atoms with E-state index in [1.807, 2.05) is 0 Å². The molecular formula is C38H74O2. The number of hydrogen-bond donors (Lipinski definition) is 0. The van der Waals surface area contributed by atoms with E-state index in [4.69, 9.17) is 4.74 Å². The standard InChI is InChI=1S/C38H74O2/c1-3-5-7-9-11-13-15-16-17-18-19-20-21-22-23-24-25-27-29-31-33-35-37-40-38(39)36-34-32-30-28-26-14-12-10-8-6-4-2/h10,12H,3-9,11,13-37H2,1-2H3/b12-10-. The smallest absolute Gasteiger partial charge is 0.305 e. The second-order valence-corrected chi connectivity index (χ2v) is 12.6. The van der Waals surface area contributed by atoms with Crippen molar-refractivity contribution in [2.24, 2.45) is 0 Å². The maximum Gasteiger partial charge on any atom is 0.305 e. The van der Waals surface area contributed by atoms with Gasteiger partial charge in [-0.3, -0.25) is 4.79 Å². The molecule has 0 spiro atoms. The largest absolute Gasteiger partial charge is 0.466 e. The summed E-state index contributed by atoms with van der Waals surface area (Å²) < 4.78 is 5.43. The van der Waals surface area contributed by atoms with Gasteiger partial charge >= 0.3 is 5.97 Å². The molecule has 0 bridgehead atoms. The van der Waals surface area contributed by atoms with Gasteiger partial charge in [0.15, 0.2) is 0 Å². The van der Waals surface area contributed by atoms with Crippen molar-refractivity contribution in [3.8, 4) is 0 Å². The highest BCUT2D eigenvalue weighted by molar-refractivity contribution is 5.69. The number of ether oxygens (including phenoxy) is 1. The minimum absolute atomic E-state index is 0.0161. The van der Waals surface area contributed by atoms with Crippen LogP contribution in [-0.2, 0) is 9.53 Å². The number of carbonyl (C=O) groups excluding carboxylic acids is 1. The lowest BCUT2D eigenvalue weighted by atomic mass is 10.0. The normalized spacial score (nSPS) is 11.6. The first-order chi connectivity index (χ1) is 19.8. The van der Waals surface area contributed by atoms with Crippen LogP contribution in [0.15, 0.2) is 12.2 Å². The summed E-state index contributed by atoms with van der Waals surface area (Å²) in [6, 6.07) is 0. The summed E-state index contributed by atoms with van der Waals surface area (Å²) >= 11 is 0. The number of unbranched alkanes of at least 4 members (excludes halogenated alkanes) is 28. The number of allylic oxidation sites excluding steroid dienone is 2. The Morgan fingerprint density at radius 2 is 0.725 bits per heavy atom. The van der Waals surface area contributed by atoms with E-state index in [1.54, 1.807) is 0 Å². The molecule has 0 radical (unpaired) electrons. The molecule has 0 amide bonds. The average Bonchev–Trinajstić information content (AvgIpc) is 2.96. The van der Waals surface area contributed by atoms with Crippen molar-refractivity contribution >= 4 is 5.97 Å². The van der Waals surface area contributed by atoms with Crippen molar-refractivity contribution in [1.82, 2.24) is 0 Å². The van der Waals surface area contributed by atoms with Crippen molar-refractivity contribution in [1.29, 1.82) is 0 Å². The van der Waals surface area contributed by atoms with E-state index in [-0.39, 0.29) is 5.97 Å². The fourth-order valence-electron chi connectivity index (χ4n) is 5.59. The summed E-state index contributed by atoms with van der Waals surface area (Å²) in [6.45, 7) is 5.17. The van der Waals surface area contributed by atoms with Crippen molar-refractivity contribution in [2.45, 2.75) is 219 Å². The van der Waals surface area contributed by atoms with Crippen LogP contribution in [-0.4, -0.2) is 12.6 Å². The van der Waals surface area contributed by atoms with Gasteiger partial charge in [-0.05, 0) is 32.1 Å². The molecule has 2 heteroatoms. The van der Waals surface area contributed by atoms with Gasteiger partial charge in [-0.1, -0.05) is 193 Å². The van der Waals surface area contributed by atoms with Crippen molar-refractivity contribution in [3.05, 3.63) is 12.2 Å². The summed E-state index contributed by atoms with van der Waals surface area (Å²) in [5.41, 5.74) is 0. The third kappa shape index (κ3) is 35.2. The topological polar surface area (TPSA) is 26.3 Å². The van der Waals surface area contributed by atoms with Crippen molar-refractivity contribution < 1.29 is 9.53 Å². The molecule has 0 fully saturated rings. The lowest BCUT2D eigenvalue weighted by Gasteiger charge is -2.06.